The van der Waals surface area contributed by atoms with E-state index in [1.54, 1.807) is 12.1 Å². The molecule has 9 heteroatoms. The summed E-state index contributed by atoms with van der Waals surface area (Å²) in [6.45, 7) is 4.23. The highest BCUT2D eigenvalue weighted by Crippen LogP contribution is 2.14. The number of carbonyl (C=O) groups excluding carboxylic acids is 4. The van der Waals surface area contributed by atoms with Gasteiger partial charge in [-0.1, -0.05) is 6.92 Å². The molecular weight excluding hydrogens is 340 g/mol. The maximum atomic E-state index is 12.0. The molecule has 9 nitrogen and oxygen atoms in total. The second-order valence-corrected chi connectivity index (χ2v) is 5.81. The van der Waals surface area contributed by atoms with E-state index in [-0.39, 0.29) is 18.7 Å². The van der Waals surface area contributed by atoms with Crippen molar-refractivity contribution in [2.45, 2.75) is 19.8 Å². The molecule has 0 unspecified atom stereocenters. The molecule has 26 heavy (non-hydrogen) atoms. The fraction of sp³-hybridized carbons (Fsp3) is 0.412. The summed E-state index contributed by atoms with van der Waals surface area (Å²) < 4.78 is 0. The Bertz CT molecular complexity index is 673. The number of amides is 4. The van der Waals surface area contributed by atoms with Crippen LogP contribution in [0.15, 0.2) is 24.3 Å². The Labute approximate surface area is 151 Å². The van der Waals surface area contributed by atoms with Crippen molar-refractivity contribution in [1.82, 2.24) is 15.3 Å². The van der Waals surface area contributed by atoms with Gasteiger partial charge >= 0.3 is 6.09 Å². The van der Waals surface area contributed by atoms with E-state index in [0.717, 1.165) is 13.1 Å². The molecule has 1 aromatic carbocycles. The van der Waals surface area contributed by atoms with E-state index in [1.807, 2.05) is 14.0 Å². The van der Waals surface area contributed by atoms with E-state index in [1.165, 1.54) is 12.1 Å². The molecule has 1 fully saturated rings. The third-order valence-corrected chi connectivity index (χ3v) is 3.89. The molecule has 0 spiro atoms. The minimum atomic E-state index is -0.951. The first-order valence-corrected chi connectivity index (χ1v) is 8.32. The summed E-state index contributed by atoms with van der Waals surface area (Å²) >= 11 is 0. The van der Waals surface area contributed by atoms with Gasteiger partial charge < -0.3 is 15.1 Å². The van der Waals surface area contributed by atoms with Crippen molar-refractivity contribution in [2.24, 2.45) is 0 Å². The van der Waals surface area contributed by atoms with Crippen LogP contribution < -0.4 is 10.6 Å². The lowest BCUT2D eigenvalue weighted by Crippen LogP contribution is -2.34. The number of anilines is 1. The lowest BCUT2D eigenvalue weighted by molar-refractivity contribution is -0.170. The number of benzene rings is 1. The number of likely N-dealkylation sites (N-methyl/N-ethyl adjacent to an activating group) is 1. The van der Waals surface area contributed by atoms with Crippen molar-refractivity contribution in [3.05, 3.63) is 29.8 Å². The van der Waals surface area contributed by atoms with Gasteiger partial charge in [0.15, 0.2) is 0 Å². The molecule has 0 aromatic heterocycles. The van der Waals surface area contributed by atoms with E-state index in [2.05, 4.69) is 15.5 Å². The van der Waals surface area contributed by atoms with Gasteiger partial charge in [-0.2, -0.15) is 0 Å². The first-order chi connectivity index (χ1) is 12.4. The zero-order valence-electron chi connectivity index (χ0n) is 14.8. The van der Waals surface area contributed by atoms with Crippen LogP contribution in [-0.2, 0) is 14.4 Å². The summed E-state index contributed by atoms with van der Waals surface area (Å²) in [5.74, 6) is -1.31. The van der Waals surface area contributed by atoms with Crippen LogP contribution in [-0.4, -0.2) is 60.5 Å². The van der Waals surface area contributed by atoms with Gasteiger partial charge in [0.05, 0.1) is 0 Å². The summed E-state index contributed by atoms with van der Waals surface area (Å²) in [4.78, 5) is 53.3. The van der Waals surface area contributed by atoms with Crippen molar-refractivity contribution in [3.63, 3.8) is 0 Å². The Kier molecular flexibility index (Phi) is 6.67. The topological polar surface area (TPSA) is 108 Å². The van der Waals surface area contributed by atoms with Crippen molar-refractivity contribution in [3.8, 4) is 0 Å². The number of hydrogen-bond acceptors (Lipinski definition) is 6. The summed E-state index contributed by atoms with van der Waals surface area (Å²) in [5, 5.41) is 5.67. The van der Waals surface area contributed by atoms with Gasteiger partial charge in [0.25, 0.3) is 17.7 Å². The molecule has 1 aliphatic rings. The second kappa shape index (κ2) is 8.95. The minimum absolute atomic E-state index is 0.0317. The lowest BCUT2D eigenvalue weighted by atomic mass is 10.2. The molecule has 4 amide bonds. The van der Waals surface area contributed by atoms with Crippen LogP contribution in [0.4, 0.5) is 10.5 Å². The highest BCUT2D eigenvalue weighted by atomic mass is 16.7. The molecule has 0 radical (unpaired) electrons. The number of nitrogens with zero attached hydrogens (tertiary/aromatic N) is 2. The highest BCUT2D eigenvalue weighted by Gasteiger charge is 2.32. The normalized spacial score (nSPS) is 13.9. The third kappa shape index (κ3) is 5.28. The molecule has 2 rings (SSSR count). The fourth-order valence-electron chi connectivity index (χ4n) is 2.21. The Hall–Kier alpha value is -2.94. The molecule has 0 aliphatic carbocycles. The maximum Gasteiger partial charge on any atom is 0.436 e. The molecule has 2 N–H and O–H groups in total. The quantitative estimate of drug-likeness (QED) is 0.700. The minimum Gasteiger partial charge on any atom is -0.351 e. The number of hydrogen-bond donors (Lipinski definition) is 2. The Morgan fingerprint density at radius 3 is 2.35 bits per heavy atom. The molecule has 1 saturated heterocycles. The van der Waals surface area contributed by atoms with Crippen molar-refractivity contribution in [2.75, 3.05) is 32.0 Å². The molecule has 140 valence electrons. The SMILES string of the molecule is CCN(C)CCNC(=O)c1ccc(NC(=O)ON2C(=O)CCC2=O)cc1. The number of nitrogens with one attached hydrogen (secondary N) is 2. The molecule has 0 saturated carbocycles. The van der Waals surface area contributed by atoms with Crippen LogP contribution in [0, 0.1) is 0 Å². The predicted molar refractivity (Wildman–Crippen MR) is 93.1 cm³/mol. The van der Waals surface area contributed by atoms with Gasteiger partial charge in [0.1, 0.15) is 0 Å². The summed E-state index contributed by atoms with van der Waals surface area (Å²) in [6.07, 6.45) is -0.887. The monoisotopic (exact) mass is 362 g/mol. The van der Waals surface area contributed by atoms with Crippen molar-refractivity contribution < 1.29 is 24.0 Å². The van der Waals surface area contributed by atoms with Crippen LogP contribution in [0.1, 0.15) is 30.1 Å². The van der Waals surface area contributed by atoms with Crippen LogP contribution in [0.25, 0.3) is 0 Å². The molecule has 1 heterocycles. The predicted octanol–water partition coefficient (Wildman–Crippen LogP) is 0.981. The smallest absolute Gasteiger partial charge is 0.351 e. The van der Waals surface area contributed by atoms with Crippen molar-refractivity contribution >= 4 is 29.5 Å². The second-order valence-electron chi connectivity index (χ2n) is 5.81. The number of hydroxylamine groups is 2. The van der Waals surface area contributed by atoms with Gasteiger partial charge in [-0.25, -0.2) is 4.79 Å². The molecule has 0 atom stereocenters. The van der Waals surface area contributed by atoms with E-state index in [9.17, 15) is 19.2 Å². The molecule has 1 aromatic rings. The Balaban J connectivity index is 1.83. The summed E-state index contributed by atoms with van der Waals surface area (Å²) in [6, 6.07) is 6.17. The average Bonchev–Trinajstić information content (AvgIpc) is 2.94. The zero-order chi connectivity index (χ0) is 19.1. The highest BCUT2D eigenvalue weighted by molar-refractivity contribution is 6.02. The van der Waals surface area contributed by atoms with Gasteiger partial charge in [-0.05, 0) is 37.9 Å². The first-order valence-electron chi connectivity index (χ1n) is 8.32. The van der Waals surface area contributed by atoms with Gasteiger partial charge in [0.2, 0.25) is 0 Å². The van der Waals surface area contributed by atoms with Crippen molar-refractivity contribution in [1.29, 1.82) is 0 Å². The van der Waals surface area contributed by atoms with Crippen LogP contribution in [0.2, 0.25) is 0 Å². The van der Waals surface area contributed by atoms with Gasteiger partial charge in [-0.15, -0.1) is 5.06 Å². The largest absolute Gasteiger partial charge is 0.436 e. The molecule has 0 bridgehead atoms. The molecule has 1 aliphatic heterocycles. The summed E-state index contributed by atoms with van der Waals surface area (Å²) in [5.41, 5.74) is 0.823. The Morgan fingerprint density at radius 2 is 1.77 bits per heavy atom. The maximum absolute atomic E-state index is 12.0. The molecular formula is C17H22N4O5. The van der Waals surface area contributed by atoms with Crippen LogP contribution >= 0.6 is 0 Å². The number of carbonyl (C=O) groups is 4. The summed E-state index contributed by atoms with van der Waals surface area (Å²) in [7, 11) is 1.97. The average molecular weight is 362 g/mol. The lowest BCUT2D eigenvalue weighted by Gasteiger charge is -2.14. The van der Waals surface area contributed by atoms with Crippen LogP contribution in [0.3, 0.4) is 0 Å². The number of rotatable bonds is 7. The standard InChI is InChI=1S/C17H22N4O5/c1-3-20(2)11-10-18-16(24)12-4-6-13(7-5-12)19-17(25)26-21-14(22)8-9-15(21)23/h4-7H,3,8-11H2,1-2H3,(H,18,24)(H,19,25). The van der Waals surface area contributed by atoms with E-state index in [0.29, 0.717) is 22.9 Å². The van der Waals surface area contributed by atoms with Gasteiger partial charge in [0, 0.05) is 37.2 Å². The zero-order valence-corrected chi connectivity index (χ0v) is 14.8. The van der Waals surface area contributed by atoms with E-state index < -0.39 is 17.9 Å². The fourth-order valence-corrected chi connectivity index (χ4v) is 2.21. The third-order valence-electron chi connectivity index (χ3n) is 3.89. The number of imide groups is 1. The first kappa shape index (κ1) is 19.4. The van der Waals surface area contributed by atoms with Gasteiger partial charge in [-0.3, -0.25) is 19.7 Å². The van der Waals surface area contributed by atoms with Crippen LogP contribution in [0.5, 0.6) is 0 Å². The Morgan fingerprint density at radius 1 is 1.15 bits per heavy atom. The van der Waals surface area contributed by atoms with E-state index >= 15 is 0 Å². The van der Waals surface area contributed by atoms with E-state index in [4.69, 9.17) is 4.84 Å².